The second-order valence-electron chi connectivity index (χ2n) is 6.72. The molecule has 0 heterocycles. The molecule has 2 aromatic carbocycles. The lowest BCUT2D eigenvalue weighted by molar-refractivity contribution is 0.647. The molecule has 2 aromatic rings. The predicted octanol–water partition coefficient (Wildman–Crippen LogP) is 6.31. The Morgan fingerprint density at radius 1 is 0.739 bits per heavy atom. The van der Waals surface area contributed by atoms with Crippen LogP contribution in [-0.2, 0) is 0 Å². The van der Waals surface area contributed by atoms with Crippen molar-refractivity contribution in [2.45, 2.75) is 34.1 Å². The molecule has 1 nitrogen and oxygen atoms in total. The maximum atomic E-state index is 2.40. The van der Waals surface area contributed by atoms with Crippen molar-refractivity contribution in [2.75, 3.05) is 4.90 Å². The number of hydrogen-bond acceptors (Lipinski definition) is 1. The molecule has 0 radical (unpaired) electrons. The van der Waals surface area contributed by atoms with Gasteiger partial charge in [-0.2, -0.15) is 0 Å². The standard InChI is InChI=1S/C22H25N/c1-16-5-10-20(11-6-16)23(21-12-7-17(2)8-13-21)22-14-9-18(3)15-19(22)4/h5-14,19H,15H2,1-4H3. The SMILES string of the molecule is CC1=CC=C(N(c2ccc(C)cc2)c2ccc(C)cc2)C(C)C1. The molecule has 0 spiro atoms. The maximum Gasteiger partial charge on any atom is 0.0458 e. The minimum Gasteiger partial charge on any atom is -0.314 e. The van der Waals surface area contributed by atoms with Crippen LogP contribution in [0.2, 0.25) is 0 Å². The van der Waals surface area contributed by atoms with Crippen LogP contribution in [0.15, 0.2) is 72.0 Å². The van der Waals surface area contributed by atoms with Crippen LogP contribution in [0.3, 0.4) is 0 Å². The summed E-state index contributed by atoms with van der Waals surface area (Å²) in [6.45, 7) is 8.80. The van der Waals surface area contributed by atoms with Gasteiger partial charge < -0.3 is 4.90 Å². The molecule has 0 aliphatic heterocycles. The molecule has 118 valence electrons. The van der Waals surface area contributed by atoms with Gasteiger partial charge in [-0.25, -0.2) is 0 Å². The molecule has 1 atom stereocenters. The molecule has 1 heteroatoms. The first-order valence-electron chi connectivity index (χ1n) is 8.35. The number of anilines is 2. The molecule has 0 fully saturated rings. The second-order valence-corrected chi connectivity index (χ2v) is 6.72. The number of nitrogens with zero attached hydrogens (tertiary/aromatic N) is 1. The van der Waals surface area contributed by atoms with Gasteiger partial charge in [-0.1, -0.05) is 54.0 Å². The maximum absolute atomic E-state index is 2.40. The van der Waals surface area contributed by atoms with E-state index < -0.39 is 0 Å². The van der Waals surface area contributed by atoms with Crippen molar-refractivity contribution < 1.29 is 0 Å². The van der Waals surface area contributed by atoms with Crippen molar-refractivity contribution in [3.63, 3.8) is 0 Å². The Balaban J connectivity index is 2.10. The minimum atomic E-state index is 0.516. The van der Waals surface area contributed by atoms with E-state index in [1.54, 1.807) is 0 Å². The zero-order valence-corrected chi connectivity index (χ0v) is 14.5. The minimum absolute atomic E-state index is 0.516. The third-order valence-electron chi connectivity index (χ3n) is 4.51. The third-order valence-corrected chi connectivity index (χ3v) is 4.51. The van der Waals surface area contributed by atoms with Gasteiger partial charge in [-0.3, -0.25) is 0 Å². The Morgan fingerprint density at radius 2 is 1.22 bits per heavy atom. The van der Waals surface area contributed by atoms with Crippen LogP contribution in [0.1, 0.15) is 31.4 Å². The Hall–Kier alpha value is -2.28. The molecule has 0 amide bonds. The Morgan fingerprint density at radius 3 is 1.65 bits per heavy atom. The van der Waals surface area contributed by atoms with Gasteiger partial charge in [0.25, 0.3) is 0 Å². The molecular formula is C22H25N. The van der Waals surface area contributed by atoms with Crippen LogP contribution >= 0.6 is 0 Å². The number of allylic oxidation sites excluding steroid dienone is 4. The van der Waals surface area contributed by atoms with Crippen LogP contribution in [0.25, 0.3) is 0 Å². The largest absolute Gasteiger partial charge is 0.314 e. The highest BCUT2D eigenvalue weighted by atomic mass is 15.2. The predicted molar refractivity (Wildman–Crippen MR) is 100 cm³/mol. The normalized spacial score (nSPS) is 17.5. The molecule has 1 aliphatic rings. The van der Waals surface area contributed by atoms with Crippen molar-refractivity contribution in [3.05, 3.63) is 83.1 Å². The summed E-state index contributed by atoms with van der Waals surface area (Å²) in [6.07, 6.45) is 5.66. The number of hydrogen-bond donors (Lipinski definition) is 0. The van der Waals surface area contributed by atoms with Gasteiger partial charge in [0.05, 0.1) is 0 Å². The Kier molecular flexibility index (Phi) is 4.38. The summed E-state index contributed by atoms with van der Waals surface area (Å²) in [7, 11) is 0. The lowest BCUT2D eigenvalue weighted by Gasteiger charge is -2.33. The van der Waals surface area contributed by atoms with Crippen molar-refractivity contribution in [3.8, 4) is 0 Å². The van der Waals surface area contributed by atoms with Crippen LogP contribution < -0.4 is 4.90 Å². The second kappa shape index (κ2) is 6.45. The summed E-state index contributed by atoms with van der Waals surface area (Å²) in [5.41, 5.74) is 7.85. The fourth-order valence-electron chi connectivity index (χ4n) is 3.18. The van der Waals surface area contributed by atoms with E-state index >= 15 is 0 Å². The highest BCUT2D eigenvalue weighted by Gasteiger charge is 2.21. The first-order chi connectivity index (χ1) is 11.0. The molecule has 3 rings (SSSR count). The van der Waals surface area contributed by atoms with Gasteiger partial charge in [0.2, 0.25) is 0 Å². The molecule has 0 bridgehead atoms. The lowest BCUT2D eigenvalue weighted by Crippen LogP contribution is -2.23. The van der Waals surface area contributed by atoms with Crippen LogP contribution in [-0.4, -0.2) is 0 Å². The van der Waals surface area contributed by atoms with Gasteiger partial charge in [0, 0.05) is 23.0 Å². The quantitative estimate of drug-likeness (QED) is 0.642. The van der Waals surface area contributed by atoms with Gasteiger partial charge in [-0.15, -0.1) is 0 Å². The molecule has 0 N–H and O–H groups in total. The van der Waals surface area contributed by atoms with Gasteiger partial charge in [0.15, 0.2) is 0 Å². The van der Waals surface area contributed by atoms with Crippen LogP contribution in [0, 0.1) is 19.8 Å². The van der Waals surface area contributed by atoms with Crippen molar-refractivity contribution >= 4 is 11.4 Å². The van der Waals surface area contributed by atoms with E-state index in [2.05, 4.69) is 93.3 Å². The fourth-order valence-corrected chi connectivity index (χ4v) is 3.18. The molecular weight excluding hydrogens is 278 g/mol. The van der Waals surface area contributed by atoms with E-state index in [0.717, 1.165) is 6.42 Å². The number of rotatable bonds is 3. The lowest BCUT2D eigenvalue weighted by atomic mass is 9.92. The summed E-state index contributed by atoms with van der Waals surface area (Å²) in [5, 5.41) is 0. The van der Waals surface area contributed by atoms with E-state index in [1.165, 1.54) is 33.8 Å². The summed E-state index contributed by atoms with van der Waals surface area (Å²) in [6, 6.07) is 17.6. The van der Waals surface area contributed by atoms with E-state index in [1.807, 2.05) is 0 Å². The van der Waals surface area contributed by atoms with Crippen LogP contribution in [0.4, 0.5) is 11.4 Å². The molecule has 1 unspecified atom stereocenters. The van der Waals surface area contributed by atoms with Gasteiger partial charge in [-0.05, 0) is 57.5 Å². The van der Waals surface area contributed by atoms with Crippen molar-refractivity contribution in [2.24, 2.45) is 5.92 Å². The highest BCUT2D eigenvalue weighted by Crippen LogP contribution is 2.37. The van der Waals surface area contributed by atoms with E-state index in [9.17, 15) is 0 Å². The summed E-state index contributed by atoms with van der Waals surface area (Å²) >= 11 is 0. The molecule has 0 aromatic heterocycles. The molecule has 23 heavy (non-hydrogen) atoms. The van der Waals surface area contributed by atoms with Gasteiger partial charge in [0.1, 0.15) is 0 Å². The first-order valence-corrected chi connectivity index (χ1v) is 8.35. The van der Waals surface area contributed by atoms with Crippen molar-refractivity contribution in [1.82, 2.24) is 0 Å². The van der Waals surface area contributed by atoms with Crippen molar-refractivity contribution in [1.29, 1.82) is 0 Å². The van der Waals surface area contributed by atoms with E-state index in [4.69, 9.17) is 0 Å². The number of benzene rings is 2. The zero-order valence-electron chi connectivity index (χ0n) is 14.5. The Bertz CT molecular complexity index is 687. The van der Waals surface area contributed by atoms with Crippen LogP contribution in [0.5, 0.6) is 0 Å². The first kappa shape index (κ1) is 15.6. The third kappa shape index (κ3) is 3.39. The molecule has 1 aliphatic carbocycles. The average molecular weight is 303 g/mol. The van der Waals surface area contributed by atoms with Gasteiger partial charge >= 0.3 is 0 Å². The zero-order chi connectivity index (χ0) is 16.4. The smallest absolute Gasteiger partial charge is 0.0458 e. The topological polar surface area (TPSA) is 3.24 Å². The van der Waals surface area contributed by atoms with E-state index in [-0.39, 0.29) is 0 Å². The Labute approximate surface area is 140 Å². The monoisotopic (exact) mass is 303 g/mol. The number of aryl methyl sites for hydroxylation is 2. The summed E-state index contributed by atoms with van der Waals surface area (Å²) in [4.78, 5) is 2.40. The molecule has 0 saturated heterocycles. The summed E-state index contributed by atoms with van der Waals surface area (Å²) < 4.78 is 0. The average Bonchev–Trinajstić information content (AvgIpc) is 2.53. The summed E-state index contributed by atoms with van der Waals surface area (Å²) in [5.74, 6) is 0.516. The highest BCUT2D eigenvalue weighted by molar-refractivity contribution is 5.69. The molecule has 0 saturated carbocycles. The fraction of sp³-hybridized carbons (Fsp3) is 0.273. The van der Waals surface area contributed by atoms with E-state index in [0.29, 0.717) is 5.92 Å².